The van der Waals surface area contributed by atoms with Crippen molar-refractivity contribution in [3.05, 3.63) is 59.7 Å². The molecule has 0 saturated carbocycles. The van der Waals surface area contributed by atoms with Crippen molar-refractivity contribution in [1.29, 1.82) is 0 Å². The number of hydrogen-bond acceptors (Lipinski definition) is 2. The van der Waals surface area contributed by atoms with E-state index in [1.165, 1.54) is 0 Å². The maximum Gasteiger partial charge on any atom is 0.323 e. The number of urea groups is 1. The molecule has 0 aliphatic carbocycles. The molecule has 0 aromatic heterocycles. The number of primary amides is 1. The molecule has 0 atom stereocenters. The molecule has 0 radical (unpaired) electrons. The summed E-state index contributed by atoms with van der Waals surface area (Å²) in [7, 11) is 0. The van der Waals surface area contributed by atoms with E-state index in [4.69, 9.17) is 5.73 Å². The van der Waals surface area contributed by atoms with E-state index in [0.717, 1.165) is 11.3 Å². The predicted octanol–water partition coefficient (Wildman–Crippen LogP) is 2.74. The lowest BCUT2D eigenvalue weighted by atomic mass is 10.2. The van der Waals surface area contributed by atoms with Crippen LogP contribution in [-0.4, -0.2) is 11.9 Å². The molecule has 0 saturated heterocycles. The van der Waals surface area contributed by atoms with E-state index in [9.17, 15) is 9.59 Å². The van der Waals surface area contributed by atoms with Crippen molar-refractivity contribution in [2.45, 2.75) is 6.92 Å². The van der Waals surface area contributed by atoms with Gasteiger partial charge in [-0.15, -0.1) is 0 Å². The van der Waals surface area contributed by atoms with Gasteiger partial charge in [-0.2, -0.15) is 0 Å². The molecule has 2 aromatic rings. The molecule has 0 aliphatic heterocycles. The van der Waals surface area contributed by atoms with Gasteiger partial charge in [0.05, 0.1) is 0 Å². The largest absolute Gasteiger partial charge is 0.366 e. The highest BCUT2D eigenvalue weighted by molar-refractivity contribution is 6.00. The van der Waals surface area contributed by atoms with E-state index < -0.39 is 5.91 Å². The number of aryl methyl sites for hydroxylation is 1. The van der Waals surface area contributed by atoms with E-state index >= 15 is 0 Å². The Hall–Kier alpha value is -2.82. The second kappa shape index (κ2) is 5.88. The monoisotopic (exact) mass is 269 g/mol. The van der Waals surface area contributed by atoms with Crippen LogP contribution in [-0.2, 0) is 0 Å². The molecule has 5 heteroatoms. The third-order valence-electron chi connectivity index (χ3n) is 2.82. The Morgan fingerprint density at radius 1 is 0.950 bits per heavy atom. The van der Waals surface area contributed by atoms with Crippen LogP contribution >= 0.6 is 0 Å². The molecule has 0 unspecified atom stereocenters. The average molecular weight is 269 g/mol. The van der Waals surface area contributed by atoms with Gasteiger partial charge in [-0.05, 0) is 42.8 Å². The topological polar surface area (TPSA) is 84.2 Å². The Bertz CT molecular complexity index is 636. The molecule has 0 heterocycles. The first-order chi connectivity index (χ1) is 9.56. The molecule has 5 nitrogen and oxygen atoms in total. The summed E-state index contributed by atoms with van der Waals surface area (Å²) in [5.74, 6) is -0.499. The smallest absolute Gasteiger partial charge is 0.323 e. The fourth-order valence-corrected chi connectivity index (χ4v) is 1.72. The van der Waals surface area contributed by atoms with E-state index in [1.54, 1.807) is 24.3 Å². The van der Waals surface area contributed by atoms with Gasteiger partial charge in [-0.3, -0.25) is 4.79 Å². The van der Waals surface area contributed by atoms with Crippen LogP contribution in [0.5, 0.6) is 0 Å². The Kier molecular flexibility index (Phi) is 4.00. The average Bonchev–Trinajstić information content (AvgIpc) is 2.42. The van der Waals surface area contributed by atoms with Crippen molar-refractivity contribution in [1.82, 2.24) is 0 Å². The van der Waals surface area contributed by atoms with Gasteiger partial charge in [0.1, 0.15) is 0 Å². The Morgan fingerprint density at radius 3 is 2.20 bits per heavy atom. The molecule has 102 valence electrons. The summed E-state index contributed by atoms with van der Waals surface area (Å²) >= 11 is 0. The minimum atomic E-state index is -0.499. The van der Waals surface area contributed by atoms with E-state index in [-0.39, 0.29) is 6.03 Å². The summed E-state index contributed by atoms with van der Waals surface area (Å²) in [6.07, 6.45) is 0. The first kappa shape index (κ1) is 13.6. The number of rotatable bonds is 3. The highest BCUT2D eigenvalue weighted by Crippen LogP contribution is 2.14. The third kappa shape index (κ3) is 3.35. The summed E-state index contributed by atoms with van der Waals surface area (Å²) in [5.41, 5.74) is 7.85. The molecule has 2 aromatic carbocycles. The van der Waals surface area contributed by atoms with Gasteiger partial charge in [0, 0.05) is 16.9 Å². The van der Waals surface area contributed by atoms with Crippen LogP contribution in [0.1, 0.15) is 15.9 Å². The van der Waals surface area contributed by atoms with Crippen LogP contribution < -0.4 is 16.4 Å². The second-order valence-corrected chi connectivity index (χ2v) is 4.34. The zero-order valence-electron chi connectivity index (χ0n) is 11.0. The molecular formula is C15H15N3O2. The Morgan fingerprint density at radius 2 is 1.60 bits per heavy atom. The van der Waals surface area contributed by atoms with Gasteiger partial charge in [0.2, 0.25) is 5.91 Å². The number of benzene rings is 2. The Balaban J connectivity index is 2.01. The quantitative estimate of drug-likeness (QED) is 0.800. The number of nitrogens with one attached hydrogen (secondary N) is 2. The van der Waals surface area contributed by atoms with Crippen LogP contribution in [0.2, 0.25) is 0 Å². The lowest BCUT2D eigenvalue weighted by Crippen LogP contribution is -2.20. The minimum absolute atomic E-state index is 0.342. The van der Waals surface area contributed by atoms with Crippen molar-refractivity contribution < 1.29 is 9.59 Å². The predicted molar refractivity (Wildman–Crippen MR) is 78.8 cm³/mol. The third-order valence-corrected chi connectivity index (χ3v) is 2.82. The van der Waals surface area contributed by atoms with Gasteiger partial charge in [-0.1, -0.05) is 18.2 Å². The maximum atomic E-state index is 11.8. The molecule has 2 rings (SSSR count). The van der Waals surface area contributed by atoms with Crippen LogP contribution in [0.25, 0.3) is 0 Å². The van der Waals surface area contributed by atoms with Gasteiger partial charge < -0.3 is 16.4 Å². The normalized spacial score (nSPS) is 9.85. The van der Waals surface area contributed by atoms with Crippen LogP contribution in [0.4, 0.5) is 16.2 Å². The number of hydrogen-bond donors (Lipinski definition) is 3. The zero-order chi connectivity index (χ0) is 14.5. The molecule has 0 spiro atoms. The van der Waals surface area contributed by atoms with E-state index in [0.29, 0.717) is 11.3 Å². The fraction of sp³-hybridized carbons (Fsp3) is 0.0667. The standard InChI is InChI=1S/C15H15N3O2/c1-10-4-2-3-5-13(10)18-15(20)17-12-8-6-11(7-9-12)14(16)19/h2-9H,1H3,(H2,16,19)(H2,17,18,20). The second-order valence-electron chi connectivity index (χ2n) is 4.34. The lowest BCUT2D eigenvalue weighted by Gasteiger charge is -2.09. The van der Waals surface area contributed by atoms with Gasteiger partial charge >= 0.3 is 6.03 Å². The SMILES string of the molecule is Cc1ccccc1NC(=O)Nc1ccc(C(N)=O)cc1. The number of nitrogens with two attached hydrogens (primary N) is 1. The van der Waals surface area contributed by atoms with Crippen LogP contribution in [0.3, 0.4) is 0 Å². The van der Waals surface area contributed by atoms with Crippen LogP contribution in [0, 0.1) is 6.92 Å². The molecule has 4 N–H and O–H groups in total. The van der Waals surface area contributed by atoms with Gasteiger partial charge in [0.15, 0.2) is 0 Å². The minimum Gasteiger partial charge on any atom is -0.366 e. The first-order valence-electron chi connectivity index (χ1n) is 6.10. The lowest BCUT2D eigenvalue weighted by molar-refractivity contribution is 0.100. The number of carbonyl (C=O) groups is 2. The number of para-hydroxylation sites is 1. The molecule has 0 bridgehead atoms. The van der Waals surface area contributed by atoms with Crippen molar-refractivity contribution in [2.75, 3.05) is 10.6 Å². The number of anilines is 2. The van der Waals surface area contributed by atoms with E-state index in [2.05, 4.69) is 10.6 Å². The summed E-state index contributed by atoms with van der Waals surface area (Å²) < 4.78 is 0. The first-order valence-corrected chi connectivity index (χ1v) is 6.10. The summed E-state index contributed by atoms with van der Waals surface area (Å²) in [6, 6.07) is 13.5. The zero-order valence-corrected chi connectivity index (χ0v) is 11.0. The van der Waals surface area contributed by atoms with Crippen molar-refractivity contribution in [3.63, 3.8) is 0 Å². The number of carbonyl (C=O) groups excluding carboxylic acids is 2. The van der Waals surface area contributed by atoms with Crippen LogP contribution in [0.15, 0.2) is 48.5 Å². The highest BCUT2D eigenvalue weighted by Gasteiger charge is 2.05. The summed E-state index contributed by atoms with van der Waals surface area (Å²) in [5, 5.41) is 5.44. The maximum absolute atomic E-state index is 11.8. The molecule has 20 heavy (non-hydrogen) atoms. The fourth-order valence-electron chi connectivity index (χ4n) is 1.72. The van der Waals surface area contributed by atoms with Crippen molar-refractivity contribution in [2.24, 2.45) is 5.73 Å². The summed E-state index contributed by atoms with van der Waals surface area (Å²) in [6.45, 7) is 1.91. The van der Waals surface area contributed by atoms with Gasteiger partial charge in [-0.25, -0.2) is 4.79 Å². The van der Waals surface area contributed by atoms with E-state index in [1.807, 2.05) is 31.2 Å². The van der Waals surface area contributed by atoms with Gasteiger partial charge in [0.25, 0.3) is 0 Å². The highest BCUT2D eigenvalue weighted by atomic mass is 16.2. The summed E-state index contributed by atoms with van der Waals surface area (Å²) in [4.78, 5) is 22.8. The molecular weight excluding hydrogens is 254 g/mol. The van der Waals surface area contributed by atoms with Crippen molar-refractivity contribution in [3.8, 4) is 0 Å². The molecule has 3 amide bonds. The van der Waals surface area contributed by atoms with Crippen molar-refractivity contribution >= 4 is 23.3 Å². The Labute approximate surface area is 116 Å². The number of amides is 3. The molecule has 0 fully saturated rings. The molecule has 0 aliphatic rings.